The zero-order chi connectivity index (χ0) is 22.9. The molecule has 4 aromatic rings. The Hall–Kier alpha value is -4.04. The quantitative estimate of drug-likeness (QED) is 0.370. The van der Waals surface area contributed by atoms with Crippen LogP contribution in [-0.4, -0.2) is 33.2 Å². The molecule has 0 spiro atoms. The summed E-state index contributed by atoms with van der Waals surface area (Å²) in [4.78, 5) is 41.1. The molecule has 1 aromatic heterocycles. The van der Waals surface area contributed by atoms with Crippen LogP contribution in [0.4, 0.5) is 0 Å². The van der Waals surface area contributed by atoms with Gasteiger partial charge in [0, 0.05) is 13.5 Å². The number of rotatable bonds is 5. The number of aryl methyl sites for hydroxylation is 1. The number of nitrogens with one attached hydrogen (secondary N) is 1. The predicted octanol–water partition coefficient (Wildman–Crippen LogP) is 3.08. The summed E-state index contributed by atoms with van der Waals surface area (Å²) >= 11 is 1.44. The Kier molecular flexibility index (Phi) is 5.35. The molecular formula is C25H20N4O3S. The molecule has 0 aliphatic carbocycles. The number of hydrogen-bond donors (Lipinski definition) is 1. The number of fused-ring (bicyclic) bond motifs is 2. The summed E-state index contributed by atoms with van der Waals surface area (Å²) in [7, 11) is 1.87. The number of amides is 3. The van der Waals surface area contributed by atoms with Crippen LogP contribution in [0.25, 0.3) is 10.2 Å². The van der Waals surface area contributed by atoms with E-state index in [0.29, 0.717) is 15.9 Å². The summed E-state index contributed by atoms with van der Waals surface area (Å²) in [6.45, 7) is 0. The third kappa shape index (κ3) is 3.74. The summed E-state index contributed by atoms with van der Waals surface area (Å²) in [5.41, 5.74) is 5.04. The van der Waals surface area contributed by atoms with Crippen LogP contribution in [-0.2, 0) is 18.3 Å². The van der Waals surface area contributed by atoms with Crippen molar-refractivity contribution in [2.24, 2.45) is 12.1 Å². The van der Waals surface area contributed by atoms with Gasteiger partial charge in [0.2, 0.25) is 4.80 Å². The first-order chi connectivity index (χ1) is 16.0. The largest absolute Gasteiger partial charge is 0.318 e. The van der Waals surface area contributed by atoms with E-state index in [4.69, 9.17) is 0 Å². The Morgan fingerprint density at radius 1 is 0.909 bits per heavy atom. The van der Waals surface area contributed by atoms with Crippen LogP contribution in [0.15, 0.2) is 84.0 Å². The second kappa shape index (κ2) is 8.48. The van der Waals surface area contributed by atoms with Gasteiger partial charge in [0.05, 0.1) is 21.3 Å². The molecule has 3 amide bonds. The van der Waals surface area contributed by atoms with Crippen molar-refractivity contribution >= 4 is 39.3 Å². The highest BCUT2D eigenvalue weighted by Gasteiger charge is 2.42. The SMILES string of the molecule is Cn1/c(=N/NC(=O)C(Cc2ccccc2)N2C(=O)c3ccccc3C2=O)sc2ccccc21. The van der Waals surface area contributed by atoms with Gasteiger partial charge in [-0.05, 0) is 29.8 Å². The van der Waals surface area contributed by atoms with Crippen LogP contribution in [0.3, 0.4) is 0 Å². The molecule has 1 aliphatic rings. The molecule has 0 bridgehead atoms. The Balaban J connectivity index is 1.49. The first kappa shape index (κ1) is 20.8. The number of aromatic nitrogens is 1. The summed E-state index contributed by atoms with van der Waals surface area (Å²) in [5.74, 6) is -1.47. The van der Waals surface area contributed by atoms with Gasteiger partial charge in [-0.15, -0.1) is 5.10 Å². The van der Waals surface area contributed by atoms with E-state index in [9.17, 15) is 14.4 Å². The van der Waals surface area contributed by atoms with Gasteiger partial charge in [-0.2, -0.15) is 0 Å². The maximum atomic E-state index is 13.3. The maximum Gasteiger partial charge on any atom is 0.263 e. The summed E-state index contributed by atoms with van der Waals surface area (Å²) in [5, 5.41) is 4.31. The molecule has 5 rings (SSSR count). The van der Waals surface area contributed by atoms with E-state index in [0.717, 1.165) is 20.7 Å². The van der Waals surface area contributed by atoms with E-state index in [1.54, 1.807) is 24.3 Å². The zero-order valence-electron chi connectivity index (χ0n) is 17.8. The molecule has 1 aliphatic heterocycles. The predicted molar refractivity (Wildman–Crippen MR) is 125 cm³/mol. The molecule has 164 valence electrons. The Bertz CT molecular complexity index is 1420. The lowest BCUT2D eigenvalue weighted by molar-refractivity contribution is -0.125. The number of carbonyl (C=O) groups is 3. The summed E-state index contributed by atoms with van der Waals surface area (Å²) in [6, 6.07) is 22.7. The van der Waals surface area contributed by atoms with Crippen molar-refractivity contribution < 1.29 is 14.4 Å². The molecule has 0 saturated carbocycles. The van der Waals surface area contributed by atoms with E-state index < -0.39 is 23.8 Å². The van der Waals surface area contributed by atoms with Crippen LogP contribution in [0.1, 0.15) is 26.3 Å². The van der Waals surface area contributed by atoms with Crippen molar-refractivity contribution in [3.05, 3.63) is 100 Å². The highest BCUT2D eigenvalue weighted by Crippen LogP contribution is 2.26. The second-order valence-electron chi connectivity index (χ2n) is 7.73. The first-order valence-electron chi connectivity index (χ1n) is 10.4. The monoisotopic (exact) mass is 456 g/mol. The normalized spacial score (nSPS) is 14.6. The topological polar surface area (TPSA) is 83.8 Å². The molecule has 7 nitrogen and oxygen atoms in total. The molecule has 1 unspecified atom stereocenters. The minimum Gasteiger partial charge on any atom is -0.318 e. The first-order valence-corrected chi connectivity index (χ1v) is 11.3. The molecular weight excluding hydrogens is 436 g/mol. The third-order valence-electron chi connectivity index (χ3n) is 5.69. The van der Waals surface area contributed by atoms with Gasteiger partial charge in [-0.1, -0.05) is 65.9 Å². The van der Waals surface area contributed by atoms with Crippen molar-refractivity contribution in [2.45, 2.75) is 12.5 Å². The molecule has 1 N–H and O–H groups in total. The lowest BCUT2D eigenvalue weighted by atomic mass is 10.0. The molecule has 1 atom stereocenters. The molecule has 2 heterocycles. The Morgan fingerprint density at radius 2 is 1.52 bits per heavy atom. The number of hydrogen-bond acceptors (Lipinski definition) is 5. The van der Waals surface area contributed by atoms with E-state index in [1.165, 1.54) is 11.3 Å². The molecule has 0 fully saturated rings. The van der Waals surface area contributed by atoms with E-state index >= 15 is 0 Å². The van der Waals surface area contributed by atoms with Crippen molar-refractivity contribution in [2.75, 3.05) is 0 Å². The summed E-state index contributed by atoms with van der Waals surface area (Å²) in [6.07, 6.45) is 0.187. The minimum absolute atomic E-state index is 0.187. The van der Waals surface area contributed by atoms with E-state index in [1.807, 2.05) is 66.2 Å². The van der Waals surface area contributed by atoms with E-state index in [-0.39, 0.29) is 6.42 Å². The molecule has 33 heavy (non-hydrogen) atoms. The number of nitrogens with zero attached hydrogens (tertiary/aromatic N) is 3. The summed E-state index contributed by atoms with van der Waals surface area (Å²) < 4.78 is 2.92. The number of carbonyl (C=O) groups excluding carboxylic acids is 3. The third-order valence-corrected chi connectivity index (χ3v) is 6.80. The van der Waals surface area contributed by atoms with Gasteiger partial charge in [0.25, 0.3) is 17.7 Å². The molecule has 8 heteroatoms. The van der Waals surface area contributed by atoms with Crippen molar-refractivity contribution in [3.63, 3.8) is 0 Å². The average Bonchev–Trinajstić information content (AvgIpc) is 3.30. The fourth-order valence-electron chi connectivity index (χ4n) is 4.00. The van der Waals surface area contributed by atoms with Crippen molar-refractivity contribution in [3.8, 4) is 0 Å². The highest BCUT2D eigenvalue weighted by molar-refractivity contribution is 7.16. The maximum absolute atomic E-state index is 13.3. The zero-order valence-corrected chi connectivity index (χ0v) is 18.6. The van der Waals surface area contributed by atoms with Crippen molar-refractivity contribution in [1.82, 2.24) is 14.9 Å². The lowest BCUT2D eigenvalue weighted by Gasteiger charge is -2.24. The van der Waals surface area contributed by atoms with Crippen LogP contribution >= 0.6 is 11.3 Å². The van der Waals surface area contributed by atoms with Gasteiger partial charge in [0.1, 0.15) is 6.04 Å². The van der Waals surface area contributed by atoms with Crippen molar-refractivity contribution in [1.29, 1.82) is 0 Å². The van der Waals surface area contributed by atoms with Gasteiger partial charge >= 0.3 is 0 Å². The van der Waals surface area contributed by atoms with Crippen LogP contribution < -0.4 is 10.2 Å². The van der Waals surface area contributed by atoms with Gasteiger partial charge in [-0.3, -0.25) is 19.3 Å². The number of imide groups is 1. The van der Waals surface area contributed by atoms with Gasteiger partial charge in [0.15, 0.2) is 0 Å². The van der Waals surface area contributed by atoms with E-state index in [2.05, 4.69) is 10.5 Å². The fraction of sp³-hybridized carbons (Fsp3) is 0.120. The fourth-order valence-corrected chi connectivity index (χ4v) is 4.97. The van der Waals surface area contributed by atoms with Crippen LogP contribution in [0.2, 0.25) is 0 Å². The smallest absolute Gasteiger partial charge is 0.263 e. The second-order valence-corrected chi connectivity index (χ2v) is 8.74. The van der Waals surface area contributed by atoms with Gasteiger partial charge in [-0.25, -0.2) is 5.43 Å². The van der Waals surface area contributed by atoms with Crippen LogP contribution in [0.5, 0.6) is 0 Å². The van der Waals surface area contributed by atoms with Gasteiger partial charge < -0.3 is 4.57 Å². The number of thiazole rings is 1. The minimum atomic E-state index is -1.04. The molecule has 3 aromatic carbocycles. The Morgan fingerprint density at radius 3 is 2.18 bits per heavy atom. The molecule has 0 saturated heterocycles. The van der Waals surface area contributed by atoms with Crippen LogP contribution in [0, 0.1) is 0 Å². The number of para-hydroxylation sites is 1. The highest BCUT2D eigenvalue weighted by atomic mass is 32.1. The molecule has 0 radical (unpaired) electrons. The Labute approximate surface area is 193 Å². The standard InChI is InChI=1S/C25H20N4O3S/c1-28-19-13-7-8-14-21(19)33-25(28)27-26-22(30)20(15-16-9-3-2-4-10-16)29-23(31)17-11-5-6-12-18(17)24(29)32/h2-14,20H,15H2,1H3,(H,26,30)/b27-25-. The number of benzene rings is 3. The lowest BCUT2D eigenvalue weighted by Crippen LogP contribution is -2.50. The average molecular weight is 457 g/mol.